The molecule has 1 saturated carbocycles. The Bertz CT molecular complexity index is 816. The van der Waals surface area contributed by atoms with Crippen LogP contribution < -0.4 is 10.1 Å². The zero-order valence-electron chi connectivity index (χ0n) is 14.5. The Morgan fingerprint density at radius 1 is 1.16 bits per heavy atom. The lowest BCUT2D eigenvalue weighted by atomic mass is 9.91. The highest BCUT2D eigenvalue weighted by Crippen LogP contribution is 2.30. The highest BCUT2D eigenvalue weighted by molar-refractivity contribution is 6.04. The van der Waals surface area contributed by atoms with Crippen molar-refractivity contribution in [3.63, 3.8) is 0 Å². The van der Waals surface area contributed by atoms with Crippen molar-refractivity contribution in [2.75, 3.05) is 11.9 Å². The van der Waals surface area contributed by atoms with Gasteiger partial charge in [0.2, 0.25) is 0 Å². The molecule has 1 amide bonds. The molecule has 0 radical (unpaired) electrons. The van der Waals surface area contributed by atoms with E-state index in [2.05, 4.69) is 30.4 Å². The lowest BCUT2D eigenvalue weighted by Gasteiger charge is -2.16. The maximum Gasteiger partial charge on any atom is 0.255 e. The van der Waals surface area contributed by atoms with E-state index in [1.807, 2.05) is 30.3 Å². The van der Waals surface area contributed by atoms with Crippen LogP contribution in [0.15, 0.2) is 48.5 Å². The molecular weight excluding hydrogens is 310 g/mol. The predicted octanol–water partition coefficient (Wildman–Crippen LogP) is 5.08. The van der Waals surface area contributed by atoms with Crippen LogP contribution >= 0.6 is 0 Å². The van der Waals surface area contributed by atoms with Gasteiger partial charge in [0.1, 0.15) is 5.75 Å². The molecule has 0 saturated heterocycles. The van der Waals surface area contributed by atoms with Crippen LogP contribution in [0.4, 0.5) is 5.69 Å². The van der Waals surface area contributed by atoms with E-state index in [9.17, 15) is 4.79 Å². The number of fused-ring (bicyclic) bond motifs is 1. The van der Waals surface area contributed by atoms with Crippen molar-refractivity contribution in [1.82, 2.24) is 0 Å². The first-order chi connectivity index (χ1) is 12.2. The molecule has 3 nitrogen and oxygen atoms in total. The van der Waals surface area contributed by atoms with Crippen LogP contribution in [0.5, 0.6) is 5.75 Å². The van der Waals surface area contributed by atoms with Gasteiger partial charge in [0, 0.05) is 11.3 Å². The van der Waals surface area contributed by atoms with Gasteiger partial charge < -0.3 is 10.1 Å². The maximum absolute atomic E-state index is 12.5. The van der Waals surface area contributed by atoms with Gasteiger partial charge in [-0.3, -0.25) is 4.79 Å². The fourth-order valence-electron chi connectivity index (χ4n) is 3.22. The summed E-state index contributed by atoms with van der Waals surface area (Å²) in [5.41, 5.74) is 5.42. The van der Waals surface area contributed by atoms with Crippen LogP contribution in [0.3, 0.4) is 0 Å². The molecule has 0 aliphatic heterocycles. The SMILES string of the molecule is CC1=CCCc2cc(NC(=O)c3ccc(OCC4CC4)cc3)ccc21. The third-order valence-electron chi connectivity index (χ3n) is 4.95. The van der Waals surface area contributed by atoms with Crippen molar-refractivity contribution in [1.29, 1.82) is 0 Å². The summed E-state index contributed by atoms with van der Waals surface area (Å²) < 4.78 is 5.72. The van der Waals surface area contributed by atoms with Crippen LogP contribution in [-0.4, -0.2) is 12.5 Å². The fourth-order valence-corrected chi connectivity index (χ4v) is 3.22. The number of rotatable bonds is 5. The Balaban J connectivity index is 1.42. The van der Waals surface area contributed by atoms with Crippen molar-refractivity contribution >= 4 is 17.2 Å². The third kappa shape index (κ3) is 3.76. The molecule has 2 aliphatic rings. The zero-order chi connectivity index (χ0) is 17.2. The average Bonchev–Trinajstić information content (AvgIpc) is 3.45. The smallest absolute Gasteiger partial charge is 0.255 e. The molecule has 2 aromatic carbocycles. The molecule has 2 aliphatic carbocycles. The summed E-state index contributed by atoms with van der Waals surface area (Å²) in [4.78, 5) is 12.5. The van der Waals surface area contributed by atoms with Gasteiger partial charge in [-0.2, -0.15) is 0 Å². The predicted molar refractivity (Wildman–Crippen MR) is 101 cm³/mol. The van der Waals surface area contributed by atoms with E-state index in [4.69, 9.17) is 4.74 Å². The summed E-state index contributed by atoms with van der Waals surface area (Å²) in [6.07, 6.45) is 6.92. The Hall–Kier alpha value is -2.55. The van der Waals surface area contributed by atoms with E-state index in [1.165, 1.54) is 29.5 Å². The molecule has 0 spiro atoms. The molecule has 4 rings (SSSR count). The second kappa shape index (κ2) is 6.75. The van der Waals surface area contributed by atoms with Crippen LogP contribution in [0.1, 0.15) is 47.7 Å². The third-order valence-corrected chi connectivity index (χ3v) is 4.95. The van der Waals surface area contributed by atoms with Gasteiger partial charge in [0.15, 0.2) is 0 Å². The zero-order valence-corrected chi connectivity index (χ0v) is 14.5. The van der Waals surface area contributed by atoms with Crippen LogP contribution in [0, 0.1) is 5.92 Å². The van der Waals surface area contributed by atoms with E-state index in [1.54, 1.807) is 0 Å². The van der Waals surface area contributed by atoms with E-state index in [-0.39, 0.29) is 5.91 Å². The van der Waals surface area contributed by atoms with E-state index < -0.39 is 0 Å². The molecule has 0 bridgehead atoms. The number of hydrogen-bond acceptors (Lipinski definition) is 2. The fraction of sp³-hybridized carbons (Fsp3) is 0.318. The number of ether oxygens (including phenoxy) is 1. The lowest BCUT2D eigenvalue weighted by Crippen LogP contribution is -2.12. The summed E-state index contributed by atoms with van der Waals surface area (Å²) in [6.45, 7) is 2.93. The van der Waals surface area contributed by atoms with Crippen molar-refractivity contribution in [2.45, 2.75) is 32.6 Å². The van der Waals surface area contributed by atoms with Crippen molar-refractivity contribution in [2.24, 2.45) is 5.92 Å². The van der Waals surface area contributed by atoms with Gasteiger partial charge in [-0.05, 0) is 91.6 Å². The normalized spacial score (nSPS) is 16.0. The summed E-state index contributed by atoms with van der Waals surface area (Å²) in [6, 6.07) is 13.6. The number of aryl methyl sites for hydroxylation is 1. The number of carbonyl (C=O) groups excluding carboxylic acids is 1. The van der Waals surface area contributed by atoms with E-state index in [0.29, 0.717) is 5.56 Å². The molecule has 3 heteroatoms. The molecule has 128 valence electrons. The van der Waals surface area contributed by atoms with E-state index in [0.717, 1.165) is 36.8 Å². The molecule has 25 heavy (non-hydrogen) atoms. The number of carbonyl (C=O) groups is 1. The molecule has 1 fully saturated rings. The van der Waals surface area contributed by atoms with Gasteiger partial charge in [0.05, 0.1) is 6.61 Å². The van der Waals surface area contributed by atoms with Crippen LogP contribution in [0.25, 0.3) is 5.57 Å². The van der Waals surface area contributed by atoms with Crippen molar-refractivity contribution in [3.8, 4) is 5.75 Å². The number of benzene rings is 2. The quantitative estimate of drug-likeness (QED) is 0.829. The first-order valence-electron chi connectivity index (χ1n) is 9.03. The summed E-state index contributed by atoms with van der Waals surface area (Å²) in [5, 5.41) is 3.00. The van der Waals surface area contributed by atoms with Gasteiger partial charge in [-0.15, -0.1) is 0 Å². The topological polar surface area (TPSA) is 38.3 Å². The number of hydrogen-bond donors (Lipinski definition) is 1. The Morgan fingerprint density at radius 3 is 2.72 bits per heavy atom. The van der Waals surface area contributed by atoms with Gasteiger partial charge in [0.25, 0.3) is 5.91 Å². The first-order valence-corrected chi connectivity index (χ1v) is 9.03. The summed E-state index contributed by atoms with van der Waals surface area (Å²) >= 11 is 0. The maximum atomic E-state index is 12.5. The number of anilines is 1. The summed E-state index contributed by atoms with van der Waals surface area (Å²) in [7, 11) is 0. The average molecular weight is 333 g/mol. The van der Waals surface area contributed by atoms with Crippen molar-refractivity contribution in [3.05, 3.63) is 65.2 Å². The molecular formula is C22H23NO2. The van der Waals surface area contributed by atoms with E-state index >= 15 is 0 Å². The molecule has 1 N–H and O–H groups in total. The summed E-state index contributed by atoms with van der Waals surface area (Å²) in [5.74, 6) is 1.47. The lowest BCUT2D eigenvalue weighted by molar-refractivity contribution is 0.102. The van der Waals surface area contributed by atoms with Crippen LogP contribution in [0.2, 0.25) is 0 Å². The second-order valence-electron chi connectivity index (χ2n) is 7.03. The minimum Gasteiger partial charge on any atom is -0.493 e. The minimum absolute atomic E-state index is 0.0863. The largest absolute Gasteiger partial charge is 0.493 e. The molecule has 0 heterocycles. The Morgan fingerprint density at radius 2 is 1.96 bits per heavy atom. The number of allylic oxidation sites excluding steroid dienone is 2. The van der Waals surface area contributed by atoms with Gasteiger partial charge >= 0.3 is 0 Å². The van der Waals surface area contributed by atoms with Crippen LogP contribution in [-0.2, 0) is 6.42 Å². The van der Waals surface area contributed by atoms with Gasteiger partial charge in [-0.1, -0.05) is 12.1 Å². The minimum atomic E-state index is -0.0863. The Kier molecular flexibility index (Phi) is 4.31. The van der Waals surface area contributed by atoms with Gasteiger partial charge in [-0.25, -0.2) is 0 Å². The molecule has 0 unspecified atom stereocenters. The molecule has 0 atom stereocenters. The first kappa shape index (κ1) is 15.9. The molecule has 2 aromatic rings. The number of amides is 1. The Labute approximate surface area is 148 Å². The van der Waals surface area contributed by atoms with Crippen molar-refractivity contribution < 1.29 is 9.53 Å². The highest BCUT2D eigenvalue weighted by atomic mass is 16.5. The monoisotopic (exact) mass is 333 g/mol. The standard InChI is InChI=1S/C22H23NO2/c1-15-3-2-4-18-13-19(9-12-21(15)18)23-22(24)17-7-10-20(11-8-17)25-14-16-5-6-16/h3,7-13,16H,2,4-6,14H2,1H3,(H,23,24). The number of nitrogens with one attached hydrogen (secondary N) is 1. The second-order valence-corrected chi connectivity index (χ2v) is 7.03. The highest BCUT2D eigenvalue weighted by Gasteiger charge is 2.21. The molecule has 0 aromatic heterocycles.